The van der Waals surface area contributed by atoms with E-state index in [0.717, 1.165) is 17.9 Å². The molecule has 0 aliphatic rings. The van der Waals surface area contributed by atoms with Crippen LogP contribution in [0.3, 0.4) is 0 Å². The van der Waals surface area contributed by atoms with Gasteiger partial charge in [0.05, 0.1) is 0 Å². The normalized spacial score (nSPS) is 12.8. The number of nitrogens with one attached hydrogen (secondary N) is 3. The van der Waals surface area contributed by atoms with E-state index in [1.807, 2.05) is 13.0 Å². The Hall–Kier alpha value is -2.11. The molecule has 0 saturated carbocycles. The zero-order chi connectivity index (χ0) is 17.9. The van der Waals surface area contributed by atoms with E-state index >= 15 is 0 Å². The molecule has 1 atom stereocenters. The maximum absolute atomic E-state index is 11.9. The van der Waals surface area contributed by atoms with Crippen molar-refractivity contribution in [2.24, 2.45) is 10.9 Å². The van der Waals surface area contributed by atoms with Gasteiger partial charge in [0, 0.05) is 32.3 Å². The van der Waals surface area contributed by atoms with Gasteiger partial charge in [-0.2, -0.15) is 0 Å². The van der Waals surface area contributed by atoms with E-state index in [2.05, 4.69) is 46.7 Å². The van der Waals surface area contributed by atoms with Crippen LogP contribution in [0.25, 0.3) is 0 Å². The number of anilines is 1. The predicted molar refractivity (Wildman–Crippen MR) is 100 cm³/mol. The van der Waals surface area contributed by atoms with Crippen LogP contribution in [-0.4, -0.2) is 36.5 Å². The molecule has 0 radical (unpaired) electrons. The summed E-state index contributed by atoms with van der Waals surface area (Å²) in [5.41, 5.74) is 1.07. The molecule has 1 aromatic rings. The molecular formula is C18H31N5O. The number of aromatic nitrogens is 1. The second kappa shape index (κ2) is 10.6. The third-order valence-electron chi connectivity index (χ3n) is 3.61. The molecule has 0 aliphatic carbocycles. The Morgan fingerprint density at radius 2 is 2.00 bits per heavy atom. The molecule has 3 N–H and O–H groups in total. The maximum atomic E-state index is 11.9. The summed E-state index contributed by atoms with van der Waals surface area (Å²) in [6.07, 6.45) is 4.36. The number of pyridine rings is 1. The number of carbonyl (C=O) groups excluding carboxylic acids is 1. The minimum absolute atomic E-state index is 0.0674. The lowest BCUT2D eigenvalue weighted by atomic mass is 10.0. The van der Waals surface area contributed by atoms with Gasteiger partial charge in [-0.15, -0.1) is 0 Å². The number of guanidine groups is 1. The van der Waals surface area contributed by atoms with Crippen LogP contribution in [0.15, 0.2) is 23.3 Å². The molecule has 0 saturated heterocycles. The van der Waals surface area contributed by atoms with Crippen molar-refractivity contribution in [2.75, 3.05) is 18.9 Å². The van der Waals surface area contributed by atoms with E-state index in [1.54, 1.807) is 19.3 Å². The van der Waals surface area contributed by atoms with Crippen LogP contribution in [0.2, 0.25) is 0 Å². The summed E-state index contributed by atoms with van der Waals surface area (Å²) in [4.78, 5) is 20.3. The van der Waals surface area contributed by atoms with E-state index in [4.69, 9.17) is 0 Å². The van der Waals surface area contributed by atoms with Crippen LogP contribution >= 0.6 is 0 Å². The predicted octanol–water partition coefficient (Wildman–Crippen LogP) is 2.71. The molecule has 0 bridgehead atoms. The minimum Gasteiger partial charge on any atom is -0.356 e. The minimum atomic E-state index is -0.0674. The molecule has 6 heteroatoms. The maximum Gasteiger partial charge on any atom is 0.227 e. The van der Waals surface area contributed by atoms with Crippen molar-refractivity contribution < 1.29 is 4.79 Å². The van der Waals surface area contributed by atoms with Gasteiger partial charge in [-0.3, -0.25) is 9.79 Å². The van der Waals surface area contributed by atoms with Crippen molar-refractivity contribution in [3.05, 3.63) is 23.9 Å². The van der Waals surface area contributed by atoms with Crippen molar-refractivity contribution in [2.45, 2.75) is 53.0 Å². The highest BCUT2D eigenvalue weighted by molar-refractivity contribution is 5.90. The lowest BCUT2D eigenvalue weighted by Gasteiger charge is -2.18. The summed E-state index contributed by atoms with van der Waals surface area (Å²) in [6.45, 7) is 9.07. The van der Waals surface area contributed by atoms with E-state index in [0.29, 0.717) is 30.7 Å². The van der Waals surface area contributed by atoms with Gasteiger partial charge in [0.1, 0.15) is 5.82 Å². The summed E-state index contributed by atoms with van der Waals surface area (Å²) in [5.74, 6) is 1.94. The molecule has 1 rings (SSSR count). The average Bonchev–Trinajstić information content (AvgIpc) is 2.54. The van der Waals surface area contributed by atoms with Gasteiger partial charge in [0.25, 0.3) is 0 Å². The fourth-order valence-electron chi connectivity index (χ4n) is 2.13. The molecule has 0 spiro atoms. The van der Waals surface area contributed by atoms with Crippen molar-refractivity contribution in [3.63, 3.8) is 0 Å². The Labute approximate surface area is 145 Å². The zero-order valence-electron chi connectivity index (χ0n) is 15.5. The molecule has 1 unspecified atom stereocenters. The third-order valence-corrected chi connectivity index (χ3v) is 3.61. The highest BCUT2D eigenvalue weighted by atomic mass is 16.1. The van der Waals surface area contributed by atoms with Crippen molar-refractivity contribution >= 4 is 17.7 Å². The first-order valence-corrected chi connectivity index (χ1v) is 8.60. The number of aliphatic imine (C=N–C) groups is 1. The average molecular weight is 333 g/mol. The van der Waals surface area contributed by atoms with Gasteiger partial charge in [-0.05, 0) is 44.2 Å². The third kappa shape index (κ3) is 8.50. The van der Waals surface area contributed by atoms with E-state index < -0.39 is 0 Å². The smallest absolute Gasteiger partial charge is 0.227 e. The second-order valence-electron chi connectivity index (χ2n) is 6.53. The first-order valence-electron chi connectivity index (χ1n) is 8.60. The Bertz CT molecular complexity index is 525. The fraction of sp³-hybridized carbons (Fsp3) is 0.611. The van der Waals surface area contributed by atoms with Gasteiger partial charge in [0.15, 0.2) is 5.96 Å². The first kappa shape index (κ1) is 19.9. The fourth-order valence-corrected chi connectivity index (χ4v) is 2.13. The standard InChI is InChI=1S/C18H31N5O/c1-13(2)6-8-15(4)22-18(19-5)20-11-10-17(24)23-16-9-7-14(3)12-21-16/h7,9,12-13,15H,6,8,10-11H2,1-5H3,(H2,19,20,22)(H,21,23,24). The van der Waals surface area contributed by atoms with Gasteiger partial charge >= 0.3 is 0 Å². The Morgan fingerprint density at radius 3 is 2.58 bits per heavy atom. The van der Waals surface area contributed by atoms with Gasteiger partial charge < -0.3 is 16.0 Å². The topological polar surface area (TPSA) is 78.4 Å². The van der Waals surface area contributed by atoms with E-state index in [9.17, 15) is 4.79 Å². The molecule has 1 amide bonds. The highest BCUT2D eigenvalue weighted by Crippen LogP contribution is 2.06. The molecule has 0 aliphatic heterocycles. The molecule has 1 heterocycles. The van der Waals surface area contributed by atoms with Crippen LogP contribution < -0.4 is 16.0 Å². The van der Waals surface area contributed by atoms with Crippen molar-refractivity contribution in [1.82, 2.24) is 15.6 Å². The molecule has 0 aromatic carbocycles. The Morgan fingerprint density at radius 1 is 1.25 bits per heavy atom. The van der Waals surface area contributed by atoms with Crippen LogP contribution in [0.4, 0.5) is 5.82 Å². The monoisotopic (exact) mass is 333 g/mol. The highest BCUT2D eigenvalue weighted by Gasteiger charge is 2.07. The summed E-state index contributed by atoms with van der Waals surface area (Å²) in [5, 5.41) is 9.30. The zero-order valence-corrected chi connectivity index (χ0v) is 15.5. The number of amides is 1. The summed E-state index contributed by atoms with van der Waals surface area (Å²) in [6, 6.07) is 4.08. The number of nitrogens with zero attached hydrogens (tertiary/aromatic N) is 2. The number of hydrogen-bond acceptors (Lipinski definition) is 3. The molecule has 6 nitrogen and oxygen atoms in total. The molecular weight excluding hydrogens is 302 g/mol. The van der Waals surface area contributed by atoms with E-state index in [-0.39, 0.29) is 5.91 Å². The quantitative estimate of drug-likeness (QED) is 0.505. The number of aryl methyl sites for hydroxylation is 1. The van der Waals surface area contributed by atoms with Crippen molar-refractivity contribution in [1.29, 1.82) is 0 Å². The van der Waals surface area contributed by atoms with E-state index in [1.165, 1.54) is 6.42 Å². The Balaban J connectivity index is 2.28. The summed E-state index contributed by atoms with van der Waals surface area (Å²) < 4.78 is 0. The second-order valence-corrected chi connectivity index (χ2v) is 6.53. The SMILES string of the molecule is CN=C(NCCC(=O)Nc1ccc(C)cn1)NC(C)CCC(C)C. The lowest BCUT2D eigenvalue weighted by molar-refractivity contribution is -0.116. The van der Waals surface area contributed by atoms with Gasteiger partial charge in [-0.1, -0.05) is 19.9 Å². The number of hydrogen-bond donors (Lipinski definition) is 3. The van der Waals surface area contributed by atoms with Crippen LogP contribution in [0, 0.1) is 12.8 Å². The Kier molecular flexibility index (Phi) is 8.83. The van der Waals surface area contributed by atoms with Crippen LogP contribution in [0.5, 0.6) is 0 Å². The number of carbonyl (C=O) groups is 1. The molecule has 1 aromatic heterocycles. The lowest BCUT2D eigenvalue weighted by Crippen LogP contribution is -2.43. The molecule has 0 fully saturated rings. The summed E-state index contributed by atoms with van der Waals surface area (Å²) in [7, 11) is 1.74. The van der Waals surface area contributed by atoms with Gasteiger partial charge in [-0.25, -0.2) is 4.98 Å². The number of rotatable bonds is 8. The molecule has 24 heavy (non-hydrogen) atoms. The molecule has 134 valence electrons. The van der Waals surface area contributed by atoms with Crippen LogP contribution in [0.1, 0.15) is 45.6 Å². The largest absolute Gasteiger partial charge is 0.356 e. The van der Waals surface area contributed by atoms with Crippen LogP contribution in [-0.2, 0) is 4.79 Å². The van der Waals surface area contributed by atoms with Gasteiger partial charge in [0.2, 0.25) is 5.91 Å². The first-order chi connectivity index (χ1) is 11.4. The summed E-state index contributed by atoms with van der Waals surface area (Å²) >= 11 is 0. The van der Waals surface area contributed by atoms with Crippen molar-refractivity contribution in [3.8, 4) is 0 Å².